The number of fused-ring (bicyclic) bond motifs is 1. The summed E-state index contributed by atoms with van der Waals surface area (Å²) < 4.78 is 0. The van der Waals surface area contributed by atoms with Crippen LogP contribution in [-0.2, 0) is 16.8 Å². The molecule has 2 aliphatic rings. The molecule has 2 aromatic carbocycles. The fourth-order valence-corrected chi connectivity index (χ4v) is 4.29. The molecule has 2 amide bonds. The van der Waals surface area contributed by atoms with Crippen LogP contribution in [0.1, 0.15) is 45.9 Å². The minimum absolute atomic E-state index is 0.134. The highest BCUT2D eigenvalue weighted by atomic mass is 16.2. The smallest absolute Gasteiger partial charge is 0.255 e. The molecule has 140 valence electrons. The zero-order valence-corrected chi connectivity index (χ0v) is 15.8. The Balaban J connectivity index is 1.56. The summed E-state index contributed by atoms with van der Waals surface area (Å²) in [5.74, 6) is -0.627. The first-order chi connectivity index (χ1) is 12.9. The standard InChI is InChI=1S/C22H25N3O2/c1-24(2)14-22(11-12-22)16-9-7-15(8-10-16)13-25-19(20(23)26)17-5-3-4-6-18(17)21(25)27/h3-10,19H,11-14H2,1-2H3,(H2,23,26). The number of primary amides is 1. The van der Waals surface area contributed by atoms with Gasteiger partial charge in [0, 0.05) is 24.1 Å². The highest BCUT2D eigenvalue weighted by Gasteiger charge is 2.44. The summed E-state index contributed by atoms with van der Waals surface area (Å²) in [6.45, 7) is 1.43. The van der Waals surface area contributed by atoms with Crippen molar-refractivity contribution in [3.63, 3.8) is 0 Å². The summed E-state index contributed by atoms with van der Waals surface area (Å²) in [5, 5.41) is 0. The normalized spacial score (nSPS) is 20.0. The lowest BCUT2D eigenvalue weighted by Crippen LogP contribution is -2.35. The molecule has 0 aromatic heterocycles. The first kappa shape index (κ1) is 17.7. The van der Waals surface area contributed by atoms with Crippen LogP contribution in [-0.4, -0.2) is 42.3 Å². The van der Waals surface area contributed by atoms with Gasteiger partial charge in [-0.25, -0.2) is 0 Å². The molecule has 1 aliphatic heterocycles. The van der Waals surface area contributed by atoms with Crippen LogP contribution >= 0.6 is 0 Å². The number of carbonyl (C=O) groups is 2. The number of likely N-dealkylation sites (N-methyl/N-ethyl adjacent to an activating group) is 1. The summed E-state index contributed by atoms with van der Waals surface area (Å²) in [4.78, 5) is 28.6. The van der Waals surface area contributed by atoms with E-state index in [1.165, 1.54) is 18.4 Å². The van der Waals surface area contributed by atoms with E-state index < -0.39 is 11.9 Å². The Morgan fingerprint density at radius 1 is 1.15 bits per heavy atom. The van der Waals surface area contributed by atoms with E-state index in [2.05, 4.69) is 43.3 Å². The molecule has 1 atom stereocenters. The summed E-state index contributed by atoms with van der Waals surface area (Å²) in [6.07, 6.45) is 2.43. The molecule has 2 aromatic rings. The van der Waals surface area contributed by atoms with Crippen LogP contribution in [0.4, 0.5) is 0 Å². The van der Waals surface area contributed by atoms with E-state index in [1.54, 1.807) is 11.0 Å². The van der Waals surface area contributed by atoms with E-state index in [-0.39, 0.29) is 11.3 Å². The third-order valence-corrected chi connectivity index (χ3v) is 5.72. The topological polar surface area (TPSA) is 66.6 Å². The number of nitrogens with two attached hydrogens (primary N) is 1. The van der Waals surface area contributed by atoms with Gasteiger partial charge in [-0.3, -0.25) is 9.59 Å². The minimum atomic E-state index is -0.697. The maximum absolute atomic E-state index is 12.8. The molecule has 0 saturated heterocycles. The highest BCUT2D eigenvalue weighted by Crippen LogP contribution is 2.48. The number of nitrogens with zero attached hydrogens (tertiary/aromatic N) is 2. The van der Waals surface area contributed by atoms with Crippen LogP contribution in [0.5, 0.6) is 0 Å². The van der Waals surface area contributed by atoms with Crippen LogP contribution in [0, 0.1) is 0 Å². The van der Waals surface area contributed by atoms with Crippen molar-refractivity contribution in [1.82, 2.24) is 9.80 Å². The van der Waals surface area contributed by atoms with Crippen molar-refractivity contribution in [3.05, 3.63) is 70.8 Å². The van der Waals surface area contributed by atoms with Gasteiger partial charge in [-0.1, -0.05) is 42.5 Å². The second-order valence-corrected chi connectivity index (χ2v) is 8.04. The van der Waals surface area contributed by atoms with Crippen molar-refractivity contribution in [3.8, 4) is 0 Å². The van der Waals surface area contributed by atoms with E-state index in [4.69, 9.17) is 5.73 Å². The molecule has 1 unspecified atom stereocenters. The van der Waals surface area contributed by atoms with Gasteiger partial charge in [0.05, 0.1) is 0 Å². The molecule has 27 heavy (non-hydrogen) atoms. The Kier molecular flexibility index (Phi) is 4.27. The largest absolute Gasteiger partial charge is 0.368 e. The Morgan fingerprint density at radius 3 is 2.41 bits per heavy atom. The molecule has 5 nitrogen and oxygen atoms in total. The van der Waals surface area contributed by atoms with Crippen LogP contribution in [0.15, 0.2) is 48.5 Å². The van der Waals surface area contributed by atoms with Gasteiger partial charge in [0.1, 0.15) is 6.04 Å². The van der Waals surface area contributed by atoms with E-state index in [9.17, 15) is 9.59 Å². The molecule has 2 N–H and O–H groups in total. The summed E-state index contributed by atoms with van der Waals surface area (Å²) in [5.41, 5.74) is 9.52. The number of amides is 2. The van der Waals surface area contributed by atoms with Crippen molar-refractivity contribution in [2.75, 3.05) is 20.6 Å². The third kappa shape index (κ3) is 3.12. The second kappa shape index (κ2) is 6.50. The monoisotopic (exact) mass is 363 g/mol. The molecule has 5 heteroatoms. The van der Waals surface area contributed by atoms with Crippen LogP contribution in [0.2, 0.25) is 0 Å². The van der Waals surface area contributed by atoms with Gasteiger partial charge in [0.15, 0.2) is 0 Å². The number of hydrogen-bond donors (Lipinski definition) is 1. The molecule has 1 saturated carbocycles. The van der Waals surface area contributed by atoms with E-state index in [0.29, 0.717) is 17.7 Å². The van der Waals surface area contributed by atoms with Gasteiger partial charge in [-0.2, -0.15) is 0 Å². The lowest BCUT2D eigenvalue weighted by atomic mass is 9.94. The number of rotatable bonds is 6. The molecule has 4 rings (SSSR count). The average molecular weight is 363 g/mol. The molecule has 1 fully saturated rings. The first-order valence-corrected chi connectivity index (χ1v) is 9.35. The van der Waals surface area contributed by atoms with Crippen molar-refractivity contribution >= 4 is 11.8 Å². The predicted molar refractivity (Wildman–Crippen MR) is 104 cm³/mol. The average Bonchev–Trinajstić information content (AvgIpc) is 3.35. The van der Waals surface area contributed by atoms with Crippen LogP contribution in [0.25, 0.3) is 0 Å². The number of hydrogen-bond acceptors (Lipinski definition) is 3. The van der Waals surface area contributed by atoms with Crippen LogP contribution in [0.3, 0.4) is 0 Å². The summed E-state index contributed by atoms with van der Waals surface area (Å²) in [7, 11) is 4.21. The third-order valence-electron chi connectivity index (χ3n) is 5.72. The van der Waals surface area contributed by atoms with E-state index in [1.807, 2.05) is 18.2 Å². The van der Waals surface area contributed by atoms with E-state index in [0.717, 1.165) is 12.1 Å². The van der Waals surface area contributed by atoms with Gasteiger partial charge in [0.25, 0.3) is 5.91 Å². The molecular formula is C22H25N3O2. The SMILES string of the molecule is CN(C)CC1(c2ccc(CN3C(=O)c4ccccc4C3C(N)=O)cc2)CC1. The Labute approximate surface area is 159 Å². The summed E-state index contributed by atoms with van der Waals surface area (Å²) >= 11 is 0. The highest BCUT2D eigenvalue weighted by molar-refractivity contribution is 6.04. The van der Waals surface area contributed by atoms with E-state index >= 15 is 0 Å². The lowest BCUT2D eigenvalue weighted by molar-refractivity contribution is -0.122. The van der Waals surface area contributed by atoms with Gasteiger partial charge < -0.3 is 15.5 Å². The molecule has 0 bridgehead atoms. The van der Waals surface area contributed by atoms with Crippen molar-refractivity contribution in [2.45, 2.75) is 30.8 Å². The molecule has 1 aliphatic carbocycles. The maximum Gasteiger partial charge on any atom is 0.255 e. The van der Waals surface area contributed by atoms with Gasteiger partial charge in [-0.05, 0) is 49.7 Å². The quantitative estimate of drug-likeness (QED) is 0.857. The number of benzene rings is 2. The zero-order chi connectivity index (χ0) is 19.2. The van der Waals surface area contributed by atoms with Crippen LogP contribution < -0.4 is 5.73 Å². The molecular weight excluding hydrogens is 338 g/mol. The minimum Gasteiger partial charge on any atom is -0.368 e. The van der Waals surface area contributed by atoms with Gasteiger partial charge in [-0.15, -0.1) is 0 Å². The molecule has 1 heterocycles. The van der Waals surface area contributed by atoms with Crippen molar-refractivity contribution in [2.24, 2.45) is 5.73 Å². The Bertz CT molecular complexity index is 885. The first-order valence-electron chi connectivity index (χ1n) is 9.35. The number of carbonyl (C=O) groups excluding carboxylic acids is 2. The Hall–Kier alpha value is -2.66. The van der Waals surface area contributed by atoms with Gasteiger partial charge >= 0.3 is 0 Å². The van der Waals surface area contributed by atoms with Crippen molar-refractivity contribution in [1.29, 1.82) is 0 Å². The molecule has 0 radical (unpaired) electrons. The zero-order valence-electron chi connectivity index (χ0n) is 15.8. The van der Waals surface area contributed by atoms with Gasteiger partial charge in [0.2, 0.25) is 5.91 Å². The maximum atomic E-state index is 12.8. The summed E-state index contributed by atoms with van der Waals surface area (Å²) in [6, 6.07) is 15.0. The molecule has 0 spiro atoms. The van der Waals surface area contributed by atoms with Crippen molar-refractivity contribution < 1.29 is 9.59 Å². The lowest BCUT2D eigenvalue weighted by Gasteiger charge is -2.24. The fourth-order valence-electron chi connectivity index (χ4n) is 4.29. The fraction of sp³-hybridized carbons (Fsp3) is 0.364. The predicted octanol–water partition coefficient (Wildman–Crippen LogP) is 2.46. The second-order valence-electron chi connectivity index (χ2n) is 8.04. The Morgan fingerprint density at radius 2 is 1.81 bits per heavy atom.